The molecule has 2 aromatic heterocycles. The molecule has 27 heavy (non-hydrogen) atoms. The molecule has 1 N–H and O–H groups in total. The number of nitrogens with zero attached hydrogens (tertiary/aromatic N) is 3. The van der Waals surface area contributed by atoms with E-state index in [0.717, 1.165) is 31.7 Å². The minimum absolute atomic E-state index is 0.0278. The van der Waals surface area contributed by atoms with Gasteiger partial charge in [0.15, 0.2) is 0 Å². The number of fused-ring (bicyclic) bond motifs is 4. The summed E-state index contributed by atoms with van der Waals surface area (Å²) in [6.07, 6.45) is 5.89. The van der Waals surface area contributed by atoms with E-state index >= 15 is 0 Å². The van der Waals surface area contributed by atoms with Gasteiger partial charge in [0.2, 0.25) is 0 Å². The van der Waals surface area contributed by atoms with E-state index in [9.17, 15) is 13.2 Å². The fourth-order valence-corrected chi connectivity index (χ4v) is 6.40. The van der Waals surface area contributed by atoms with Crippen LogP contribution in [0.4, 0.5) is 0 Å². The number of aromatic nitrogens is 3. The van der Waals surface area contributed by atoms with Gasteiger partial charge in [-0.1, -0.05) is 0 Å². The lowest BCUT2D eigenvalue weighted by atomic mass is 9.84. The Morgan fingerprint density at radius 2 is 1.96 bits per heavy atom. The van der Waals surface area contributed by atoms with Crippen LogP contribution in [0.3, 0.4) is 0 Å². The van der Waals surface area contributed by atoms with Gasteiger partial charge in [-0.05, 0) is 43.9 Å². The molecule has 0 saturated carbocycles. The quantitative estimate of drug-likeness (QED) is 0.835. The molecule has 2 saturated heterocycles. The van der Waals surface area contributed by atoms with Crippen LogP contribution < -0.4 is 10.9 Å². The lowest BCUT2D eigenvalue weighted by Crippen LogP contribution is -2.45. The Bertz CT molecular complexity index is 1030. The molecule has 2 bridgehead atoms. The molecular weight excluding hydrogens is 364 g/mol. The largest absolute Gasteiger partial charge is 0.328 e. The standard InChI is InChI=1S/C19H24N4O3S/c24-19-16(1-2-17-14-9-13(10-20-11-14)12-23(17)19)18-21-5-6-22(18)15-3-7-27(25,26)8-4-15/h1-2,5-6,13-15,20H,3-4,7-12H2/t13-,14+/m0/s1. The molecule has 0 aliphatic carbocycles. The van der Waals surface area contributed by atoms with E-state index in [2.05, 4.69) is 16.4 Å². The number of hydrogen-bond acceptors (Lipinski definition) is 5. The molecule has 0 aromatic carbocycles. The van der Waals surface area contributed by atoms with Crippen LogP contribution in [-0.2, 0) is 16.4 Å². The second kappa shape index (κ2) is 6.31. The van der Waals surface area contributed by atoms with Gasteiger partial charge in [-0.25, -0.2) is 13.4 Å². The third-order valence-corrected chi connectivity index (χ3v) is 8.05. The molecule has 0 amide bonds. The van der Waals surface area contributed by atoms with Crippen LogP contribution in [0.2, 0.25) is 0 Å². The summed E-state index contributed by atoms with van der Waals surface area (Å²) < 4.78 is 27.4. The van der Waals surface area contributed by atoms with Crippen molar-refractivity contribution in [1.29, 1.82) is 0 Å². The first-order valence-electron chi connectivity index (χ1n) is 9.70. The summed E-state index contributed by atoms with van der Waals surface area (Å²) >= 11 is 0. The maximum Gasteiger partial charge on any atom is 0.261 e. The molecular formula is C19H24N4O3S. The van der Waals surface area contributed by atoms with Crippen LogP contribution in [0.15, 0.2) is 29.3 Å². The number of rotatable bonds is 2. The van der Waals surface area contributed by atoms with E-state index in [1.165, 1.54) is 0 Å². The van der Waals surface area contributed by atoms with Crippen molar-refractivity contribution in [2.45, 2.75) is 37.8 Å². The highest BCUT2D eigenvalue weighted by atomic mass is 32.2. The highest BCUT2D eigenvalue weighted by Gasteiger charge is 2.32. The van der Waals surface area contributed by atoms with Crippen LogP contribution in [0.25, 0.3) is 11.4 Å². The molecule has 5 heterocycles. The van der Waals surface area contributed by atoms with Gasteiger partial charge in [0.25, 0.3) is 5.56 Å². The molecule has 0 spiro atoms. The fourth-order valence-electron chi connectivity index (χ4n) is 4.93. The van der Waals surface area contributed by atoms with Crippen LogP contribution in [-0.4, -0.2) is 47.1 Å². The maximum atomic E-state index is 13.3. The van der Waals surface area contributed by atoms with Crippen molar-refractivity contribution in [3.63, 3.8) is 0 Å². The minimum Gasteiger partial charge on any atom is -0.328 e. The smallest absolute Gasteiger partial charge is 0.261 e. The summed E-state index contributed by atoms with van der Waals surface area (Å²) in [6, 6.07) is 4.06. The highest BCUT2D eigenvalue weighted by molar-refractivity contribution is 7.91. The third kappa shape index (κ3) is 2.95. The molecule has 5 rings (SSSR count). The zero-order valence-electron chi connectivity index (χ0n) is 15.2. The van der Waals surface area contributed by atoms with Crippen molar-refractivity contribution >= 4 is 9.84 Å². The number of hydrogen-bond donors (Lipinski definition) is 1. The van der Waals surface area contributed by atoms with Gasteiger partial charge in [0.05, 0.1) is 17.1 Å². The lowest BCUT2D eigenvalue weighted by molar-refractivity contribution is 0.257. The second-order valence-corrected chi connectivity index (χ2v) is 10.4. The van der Waals surface area contributed by atoms with Crippen molar-refractivity contribution in [3.05, 3.63) is 40.6 Å². The van der Waals surface area contributed by atoms with Gasteiger partial charge >= 0.3 is 0 Å². The molecule has 3 aliphatic heterocycles. The van der Waals surface area contributed by atoms with Crippen LogP contribution in [0.5, 0.6) is 0 Å². The van der Waals surface area contributed by atoms with Gasteiger partial charge < -0.3 is 14.5 Å². The van der Waals surface area contributed by atoms with Crippen molar-refractivity contribution < 1.29 is 8.42 Å². The predicted octanol–water partition coefficient (Wildman–Crippen LogP) is 1.17. The molecule has 0 radical (unpaired) electrons. The summed E-state index contributed by atoms with van der Waals surface area (Å²) in [5, 5.41) is 3.47. The van der Waals surface area contributed by atoms with Gasteiger partial charge in [-0.2, -0.15) is 0 Å². The topological polar surface area (TPSA) is 86.0 Å². The summed E-state index contributed by atoms with van der Waals surface area (Å²) in [7, 11) is -2.92. The molecule has 0 unspecified atom stereocenters. The summed E-state index contributed by atoms with van der Waals surface area (Å²) in [4.78, 5) is 17.7. The number of nitrogens with one attached hydrogen (secondary N) is 1. The highest BCUT2D eigenvalue weighted by Crippen LogP contribution is 2.33. The van der Waals surface area contributed by atoms with Crippen molar-refractivity contribution in [2.24, 2.45) is 5.92 Å². The zero-order valence-corrected chi connectivity index (χ0v) is 16.0. The average Bonchev–Trinajstić information content (AvgIpc) is 3.12. The van der Waals surface area contributed by atoms with E-state index in [1.54, 1.807) is 6.20 Å². The first-order chi connectivity index (χ1) is 13.0. The SMILES string of the molecule is O=c1c(-c2nccn2C2CCS(=O)(=O)CC2)ccc2n1C[C@@H]1CNC[C@H]2C1. The second-order valence-electron chi connectivity index (χ2n) is 8.09. The molecule has 144 valence electrons. The lowest BCUT2D eigenvalue weighted by Gasteiger charge is -2.37. The van der Waals surface area contributed by atoms with Gasteiger partial charge in [-0.3, -0.25) is 4.79 Å². The molecule has 8 heteroatoms. The Labute approximate surface area is 158 Å². The normalized spacial score (nSPS) is 27.3. The summed E-state index contributed by atoms with van der Waals surface area (Å²) in [5.74, 6) is 1.98. The van der Waals surface area contributed by atoms with Gasteiger partial charge in [0, 0.05) is 43.1 Å². The Balaban J connectivity index is 1.53. The Kier molecular flexibility index (Phi) is 4.01. The predicted molar refractivity (Wildman–Crippen MR) is 103 cm³/mol. The van der Waals surface area contributed by atoms with E-state index in [-0.39, 0.29) is 23.1 Å². The van der Waals surface area contributed by atoms with E-state index < -0.39 is 9.84 Å². The Morgan fingerprint density at radius 1 is 1.15 bits per heavy atom. The molecule has 7 nitrogen and oxygen atoms in total. The van der Waals surface area contributed by atoms with Gasteiger partial charge in [0.1, 0.15) is 15.7 Å². The zero-order chi connectivity index (χ0) is 18.6. The van der Waals surface area contributed by atoms with E-state index in [4.69, 9.17) is 0 Å². The summed E-state index contributed by atoms with van der Waals surface area (Å²) in [6.45, 7) is 2.66. The molecule has 2 aromatic rings. The van der Waals surface area contributed by atoms with Crippen LogP contribution in [0.1, 0.15) is 36.9 Å². The van der Waals surface area contributed by atoms with Crippen LogP contribution >= 0.6 is 0 Å². The first kappa shape index (κ1) is 17.2. The molecule has 2 atom stereocenters. The Hall–Kier alpha value is -1.93. The van der Waals surface area contributed by atoms with Crippen LogP contribution in [0, 0.1) is 5.92 Å². The average molecular weight is 388 g/mol. The van der Waals surface area contributed by atoms with E-state index in [1.807, 2.05) is 21.4 Å². The third-order valence-electron chi connectivity index (χ3n) is 6.34. The van der Waals surface area contributed by atoms with E-state index in [0.29, 0.717) is 36.1 Å². The summed E-state index contributed by atoms with van der Waals surface area (Å²) in [5.41, 5.74) is 1.76. The van der Waals surface area contributed by atoms with Crippen molar-refractivity contribution in [3.8, 4) is 11.4 Å². The van der Waals surface area contributed by atoms with Crippen molar-refractivity contribution in [1.82, 2.24) is 19.4 Å². The number of piperidine rings is 1. The molecule has 2 fully saturated rings. The van der Waals surface area contributed by atoms with Gasteiger partial charge in [-0.15, -0.1) is 0 Å². The number of pyridine rings is 1. The van der Waals surface area contributed by atoms with Crippen molar-refractivity contribution in [2.75, 3.05) is 24.6 Å². The molecule has 3 aliphatic rings. The maximum absolute atomic E-state index is 13.3. The number of imidazole rings is 1. The first-order valence-corrected chi connectivity index (χ1v) is 11.5. The Morgan fingerprint density at radius 3 is 2.78 bits per heavy atom. The monoisotopic (exact) mass is 388 g/mol. The number of sulfone groups is 1. The minimum atomic E-state index is -2.92. The fraction of sp³-hybridized carbons (Fsp3) is 0.579.